The van der Waals surface area contributed by atoms with Crippen LogP contribution in [0.15, 0.2) is 54.9 Å². The Morgan fingerprint density at radius 1 is 0.941 bits per heavy atom. The Morgan fingerprint density at radius 3 is 2.26 bits per heavy atom. The van der Waals surface area contributed by atoms with Crippen LogP contribution in [-0.2, 0) is 4.74 Å². The lowest BCUT2D eigenvalue weighted by Crippen LogP contribution is -2.49. The number of aromatic nitrogens is 4. The summed E-state index contributed by atoms with van der Waals surface area (Å²) in [5.41, 5.74) is 0.916. The van der Waals surface area contributed by atoms with Crippen molar-refractivity contribution >= 4 is 23.8 Å². The summed E-state index contributed by atoms with van der Waals surface area (Å²) in [7, 11) is 0. The molecule has 1 aliphatic rings. The monoisotopic (exact) mass is 461 g/mol. The van der Waals surface area contributed by atoms with Gasteiger partial charge in [-0.3, -0.25) is 10.1 Å². The van der Waals surface area contributed by atoms with Crippen LogP contribution in [0.3, 0.4) is 0 Å². The second kappa shape index (κ2) is 9.82. The van der Waals surface area contributed by atoms with Crippen LogP contribution in [0.2, 0.25) is 0 Å². The van der Waals surface area contributed by atoms with Crippen LogP contribution < -0.4 is 10.2 Å². The molecular formula is C24H27N7O3. The SMILES string of the molecule is CC(C)(C)OC(=O)Nc1nnc(-c2ccccc2)cc1C(=O)N1CCN(c2ncccn2)CC1. The maximum atomic E-state index is 13.5. The average molecular weight is 462 g/mol. The van der Waals surface area contributed by atoms with Gasteiger partial charge in [-0.1, -0.05) is 30.3 Å². The average Bonchev–Trinajstić information content (AvgIpc) is 2.84. The highest BCUT2D eigenvalue weighted by atomic mass is 16.6. The molecule has 2 aromatic heterocycles. The van der Waals surface area contributed by atoms with Crippen molar-refractivity contribution in [3.05, 3.63) is 60.4 Å². The van der Waals surface area contributed by atoms with Gasteiger partial charge in [-0.25, -0.2) is 14.8 Å². The Bertz CT molecular complexity index is 1140. The Morgan fingerprint density at radius 2 is 1.62 bits per heavy atom. The molecule has 0 spiro atoms. The van der Waals surface area contributed by atoms with Gasteiger partial charge in [0.05, 0.1) is 11.3 Å². The van der Waals surface area contributed by atoms with E-state index in [1.165, 1.54) is 0 Å². The molecule has 0 saturated carbocycles. The van der Waals surface area contributed by atoms with Crippen LogP contribution in [0, 0.1) is 0 Å². The summed E-state index contributed by atoms with van der Waals surface area (Å²) < 4.78 is 5.34. The van der Waals surface area contributed by atoms with E-state index in [9.17, 15) is 9.59 Å². The predicted molar refractivity (Wildman–Crippen MR) is 127 cm³/mol. The van der Waals surface area contributed by atoms with Gasteiger partial charge < -0.3 is 14.5 Å². The third kappa shape index (κ3) is 5.64. The van der Waals surface area contributed by atoms with Crippen LogP contribution in [-0.4, -0.2) is 68.8 Å². The van der Waals surface area contributed by atoms with Crippen molar-refractivity contribution in [2.75, 3.05) is 36.4 Å². The first kappa shape index (κ1) is 23.1. The number of carbonyl (C=O) groups is 2. The molecule has 3 aromatic rings. The number of benzene rings is 1. The topological polar surface area (TPSA) is 113 Å². The first-order valence-corrected chi connectivity index (χ1v) is 11.0. The largest absolute Gasteiger partial charge is 0.444 e. The Hall–Kier alpha value is -4.08. The smallest absolute Gasteiger partial charge is 0.413 e. The van der Waals surface area contributed by atoms with E-state index in [-0.39, 0.29) is 17.3 Å². The molecule has 10 heteroatoms. The Balaban J connectivity index is 1.57. The molecule has 3 heterocycles. The molecule has 176 valence electrons. The molecule has 0 unspecified atom stereocenters. The molecule has 0 radical (unpaired) electrons. The molecule has 1 fully saturated rings. The van der Waals surface area contributed by atoms with Gasteiger partial charge in [0.2, 0.25) is 5.95 Å². The fourth-order valence-electron chi connectivity index (χ4n) is 3.53. The van der Waals surface area contributed by atoms with Crippen LogP contribution in [0.4, 0.5) is 16.6 Å². The van der Waals surface area contributed by atoms with E-state index in [1.54, 1.807) is 50.2 Å². The van der Waals surface area contributed by atoms with E-state index in [1.807, 2.05) is 35.2 Å². The summed E-state index contributed by atoms with van der Waals surface area (Å²) in [6.45, 7) is 7.43. The van der Waals surface area contributed by atoms with Crippen molar-refractivity contribution < 1.29 is 14.3 Å². The van der Waals surface area contributed by atoms with E-state index >= 15 is 0 Å². The third-order valence-corrected chi connectivity index (χ3v) is 5.12. The van der Waals surface area contributed by atoms with Crippen molar-refractivity contribution in [3.8, 4) is 11.3 Å². The minimum Gasteiger partial charge on any atom is -0.444 e. The number of nitrogens with one attached hydrogen (secondary N) is 1. The lowest BCUT2D eigenvalue weighted by Gasteiger charge is -2.34. The number of ether oxygens (including phenoxy) is 1. The number of amides is 2. The van der Waals surface area contributed by atoms with Gasteiger partial charge in [0.15, 0.2) is 5.82 Å². The first-order chi connectivity index (χ1) is 16.3. The Labute approximate surface area is 198 Å². The molecule has 1 saturated heterocycles. The van der Waals surface area contributed by atoms with Gasteiger partial charge in [-0.05, 0) is 32.9 Å². The summed E-state index contributed by atoms with van der Waals surface area (Å²) in [6, 6.07) is 12.9. The maximum absolute atomic E-state index is 13.5. The lowest BCUT2D eigenvalue weighted by atomic mass is 10.1. The minimum atomic E-state index is -0.700. The van der Waals surface area contributed by atoms with E-state index in [0.29, 0.717) is 37.8 Å². The fourth-order valence-corrected chi connectivity index (χ4v) is 3.53. The van der Waals surface area contributed by atoms with E-state index < -0.39 is 11.7 Å². The second-order valence-electron chi connectivity index (χ2n) is 8.81. The number of piperazine rings is 1. The second-order valence-corrected chi connectivity index (χ2v) is 8.81. The number of anilines is 2. The van der Waals surface area contributed by atoms with Gasteiger partial charge in [0.1, 0.15) is 5.60 Å². The summed E-state index contributed by atoms with van der Waals surface area (Å²) in [6.07, 6.45) is 2.69. The number of carbonyl (C=O) groups excluding carboxylic acids is 2. The summed E-state index contributed by atoms with van der Waals surface area (Å²) in [5.74, 6) is 0.457. The lowest BCUT2D eigenvalue weighted by molar-refractivity contribution is 0.0635. The molecular weight excluding hydrogens is 434 g/mol. The van der Waals surface area contributed by atoms with Crippen LogP contribution in [0.25, 0.3) is 11.3 Å². The molecule has 34 heavy (non-hydrogen) atoms. The van der Waals surface area contributed by atoms with Crippen molar-refractivity contribution in [1.29, 1.82) is 0 Å². The van der Waals surface area contributed by atoms with Crippen LogP contribution in [0.1, 0.15) is 31.1 Å². The van der Waals surface area contributed by atoms with Crippen molar-refractivity contribution in [3.63, 3.8) is 0 Å². The Kier molecular flexibility index (Phi) is 6.67. The molecule has 1 aromatic carbocycles. The molecule has 0 atom stereocenters. The van der Waals surface area contributed by atoms with Gasteiger partial charge in [-0.15, -0.1) is 10.2 Å². The standard InChI is InChI=1S/C24H27N7O3/c1-24(2,3)34-23(33)27-20-18(16-19(28-29-20)17-8-5-4-6-9-17)21(32)30-12-14-31(15-13-30)22-25-10-7-11-26-22/h4-11,16H,12-15H2,1-3H3,(H,27,29,33). The zero-order valence-corrected chi connectivity index (χ0v) is 19.4. The zero-order valence-electron chi connectivity index (χ0n) is 19.4. The summed E-state index contributed by atoms with van der Waals surface area (Å²) in [5, 5.41) is 11.0. The molecule has 2 amide bonds. The van der Waals surface area contributed by atoms with Gasteiger partial charge >= 0.3 is 6.09 Å². The van der Waals surface area contributed by atoms with Crippen molar-refractivity contribution in [2.24, 2.45) is 0 Å². The quantitative estimate of drug-likeness (QED) is 0.630. The van der Waals surface area contributed by atoms with Gasteiger partial charge in [0.25, 0.3) is 5.91 Å². The molecule has 1 aliphatic heterocycles. The molecule has 4 rings (SSSR count). The molecule has 0 aliphatic carbocycles. The highest BCUT2D eigenvalue weighted by Crippen LogP contribution is 2.23. The van der Waals surface area contributed by atoms with E-state index in [0.717, 1.165) is 5.56 Å². The maximum Gasteiger partial charge on any atom is 0.413 e. The molecule has 0 bridgehead atoms. The zero-order chi connectivity index (χ0) is 24.1. The van der Waals surface area contributed by atoms with E-state index in [2.05, 4.69) is 25.5 Å². The molecule has 10 nitrogen and oxygen atoms in total. The van der Waals surface area contributed by atoms with Crippen molar-refractivity contribution in [2.45, 2.75) is 26.4 Å². The van der Waals surface area contributed by atoms with Gasteiger partial charge in [-0.2, -0.15) is 0 Å². The highest BCUT2D eigenvalue weighted by Gasteiger charge is 2.27. The highest BCUT2D eigenvalue weighted by molar-refractivity contribution is 6.02. The molecule has 1 N–H and O–H groups in total. The predicted octanol–water partition coefficient (Wildman–Crippen LogP) is 3.24. The fraction of sp³-hybridized carbons (Fsp3) is 0.333. The third-order valence-electron chi connectivity index (χ3n) is 5.12. The summed E-state index contributed by atoms with van der Waals surface area (Å²) >= 11 is 0. The normalized spacial score (nSPS) is 14.0. The van der Waals surface area contributed by atoms with Crippen molar-refractivity contribution in [1.82, 2.24) is 25.1 Å². The van der Waals surface area contributed by atoms with Crippen LogP contribution in [0.5, 0.6) is 0 Å². The number of hydrogen-bond donors (Lipinski definition) is 1. The van der Waals surface area contributed by atoms with Gasteiger partial charge in [0, 0.05) is 44.1 Å². The number of hydrogen-bond acceptors (Lipinski definition) is 8. The number of rotatable bonds is 4. The minimum absolute atomic E-state index is 0.0627. The van der Waals surface area contributed by atoms with E-state index in [4.69, 9.17) is 4.74 Å². The number of nitrogens with zero attached hydrogens (tertiary/aromatic N) is 6. The summed E-state index contributed by atoms with van der Waals surface area (Å²) in [4.78, 5) is 38.2. The first-order valence-electron chi connectivity index (χ1n) is 11.0. The van der Waals surface area contributed by atoms with Crippen LogP contribution >= 0.6 is 0 Å².